The number of ether oxygens (including phenoxy) is 2. The van der Waals surface area contributed by atoms with Gasteiger partial charge >= 0.3 is 11.4 Å². The van der Waals surface area contributed by atoms with Gasteiger partial charge in [0.15, 0.2) is 0 Å². The number of rotatable bonds is 12. The number of aliphatic hydroxyl groups is 3. The number of Topliss-reactive ketones (excluding diaryl/α,β-unsaturated/α-hetero) is 1. The second kappa shape index (κ2) is 29.3. The van der Waals surface area contributed by atoms with E-state index in [2.05, 4.69) is 4.74 Å². The Morgan fingerprint density at radius 3 is 1.30 bits per heavy atom. The number of esters is 1. The molecule has 0 heterocycles. The van der Waals surface area contributed by atoms with E-state index in [-0.39, 0.29) is 60.1 Å². The number of carbonyl (C=O) groups excluding carboxylic acids is 3. The van der Waals surface area contributed by atoms with Crippen molar-refractivity contribution in [3.8, 4) is 11.5 Å². The molecule has 0 bridgehead atoms. The number of nitrogens with two attached hydrogens (primary N) is 2. The third-order valence-corrected chi connectivity index (χ3v) is 4.91. The quantitative estimate of drug-likeness (QED) is 0.0693. The zero-order valence-electron chi connectivity index (χ0n) is 27.2. The molecule has 0 aliphatic rings. The molecular weight excluding hydrogens is 644 g/mol. The number of nitro benzene ring substituents is 2. The van der Waals surface area contributed by atoms with E-state index in [0.717, 1.165) is 0 Å². The highest BCUT2D eigenvalue weighted by Gasteiger charge is 2.11. The molecule has 0 fully saturated rings. The van der Waals surface area contributed by atoms with Crippen LogP contribution < -0.4 is 20.9 Å². The molecule has 0 amide bonds. The van der Waals surface area contributed by atoms with E-state index in [0.29, 0.717) is 32.0 Å². The third kappa shape index (κ3) is 30.4. The van der Waals surface area contributed by atoms with Crippen LogP contribution in [0.2, 0.25) is 0 Å². The van der Waals surface area contributed by atoms with Gasteiger partial charge in [0.05, 0.1) is 16.3 Å². The van der Waals surface area contributed by atoms with Gasteiger partial charge in [-0.05, 0) is 48.9 Å². The van der Waals surface area contributed by atoms with Crippen LogP contribution in [0.3, 0.4) is 0 Å². The van der Waals surface area contributed by atoms with Crippen LogP contribution in [0.4, 0.5) is 16.2 Å². The van der Waals surface area contributed by atoms with Crippen LogP contribution >= 0.6 is 11.6 Å². The van der Waals surface area contributed by atoms with Crippen LogP contribution in [0.5, 0.6) is 11.5 Å². The van der Waals surface area contributed by atoms with Crippen molar-refractivity contribution in [3.63, 3.8) is 0 Å². The van der Waals surface area contributed by atoms with Crippen LogP contribution in [-0.4, -0.2) is 75.3 Å². The lowest BCUT2D eigenvalue weighted by Gasteiger charge is -2.07. The third-order valence-electron chi connectivity index (χ3n) is 4.83. The summed E-state index contributed by atoms with van der Waals surface area (Å²) in [6.45, 7) is 10.6. The van der Waals surface area contributed by atoms with Crippen LogP contribution in [0.25, 0.3) is 0 Å². The Morgan fingerprint density at radius 2 is 1.06 bits per heavy atom. The molecule has 0 aliphatic heterocycles. The van der Waals surface area contributed by atoms with Gasteiger partial charge in [0, 0.05) is 75.2 Å². The lowest BCUT2D eigenvalue weighted by Crippen LogP contribution is -2.14. The summed E-state index contributed by atoms with van der Waals surface area (Å²) in [6, 6.07) is 10.3. The number of benzene rings is 2. The van der Waals surface area contributed by atoms with Gasteiger partial charge in [-0.2, -0.15) is 0 Å². The highest BCUT2D eigenvalue weighted by molar-refractivity contribution is 6.61. The topological polar surface area (TPSA) is 269 Å². The normalized spacial score (nSPS) is 10.8. The fourth-order valence-corrected chi connectivity index (χ4v) is 2.53. The van der Waals surface area contributed by atoms with Gasteiger partial charge in [-0.15, -0.1) is 0 Å². The molecule has 2 atom stereocenters. The van der Waals surface area contributed by atoms with Crippen LogP contribution in [-0.2, 0) is 9.59 Å². The minimum absolute atomic E-state index is 0.0616. The maximum atomic E-state index is 11.3. The Morgan fingerprint density at radius 1 is 0.723 bits per heavy atom. The molecule has 2 aromatic carbocycles. The Labute approximate surface area is 278 Å². The van der Waals surface area contributed by atoms with E-state index < -0.39 is 21.2 Å². The van der Waals surface area contributed by atoms with Gasteiger partial charge in [0.2, 0.25) is 0 Å². The lowest BCUT2D eigenvalue weighted by molar-refractivity contribution is -0.385. The summed E-state index contributed by atoms with van der Waals surface area (Å²) < 4.78 is 9.40. The summed E-state index contributed by atoms with van der Waals surface area (Å²) in [5.74, 6) is 0.506. The summed E-state index contributed by atoms with van der Waals surface area (Å²) in [5, 5.41) is 45.9. The van der Waals surface area contributed by atoms with E-state index in [4.69, 9.17) is 43.1 Å². The molecule has 2 aromatic rings. The van der Waals surface area contributed by atoms with E-state index in [1.54, 1.807) is 6.92 Å². The number of hydrogen-bond donors (Lipinski definition) is 5. The molecule has 266 valence electrons. The Hall–Kier alpha value is -4.06. The average Bonchev–Trinajstić information content (AvgIpc) is 3.01. The van der Waals surface area contributed by atoms with Gasteiger partial charge in [-0.25, -0.2) is 4.79 Å². The zero-order valence-corrected chi connectivity index (χ0v) is 28.0. The maximum absolute atomic E-state index is 11.3. The Balaban J connectivity index is -0.000000569. The number of nitrogens with zero attached hydrogens (tertiary/aromatic N) is 2. The van der Waals surface area contributed by atoms with Crippen LogP contribution in [0.15, 0.2) is 48.5 Å². The molecule has 0 aromatic heterocycles. The minimum atomic E-state index is -0.978. The predicted octanol–water partition coefficient (Wildman–Crippen LogP) is 3.98. The van der Waals surface area contributed by atoms with Crippen LogP contribution in [0, 0.1) is 38.0 Å². The minimum Gasteiger partial charge on any atom is -0.427 e. The highest BCUT2D eigenvalue weighted by atomic mass is 35.5. The molecule has 47 heavy (non-hydrogen) atoms. The SMILES string of the molecule is CC(=O)CC(C)CO.CC(C)CO.CC(CO)CC(=O)Oc1ccc([N+](=O)[O-])cc1.NCCN.O=C(Cl)Oc1ccc([N+](=O)[O-])cc1. The monoisotopic (exact) mass is 690 g/mol. The van der Waals surface area contributed by atoms with Gasteiger partial charge < -0.3 is 41.1 Å². The molecular formula is C30H47ClN4O12. The highest BCUT2D eigenvalue weighted by Crippen LogP contribution is 2.19. The van der Waals surface area contributed by atoms with Gasteiger partial charge in [-0.1, -0.05) is 27.7 Å². The predicted molar refractivity (Wildman–Crippen MR) is 176 cm³/mol. The maximum Gasteiger partial charge on any atom is 0.409 e. The smallest absolute Gasteiger partial charge is 0.409 e. The summed E-state index contributed by atoms with van der Waals surface area (Å²) >= 11 is 4.92. The van der Waals surface area contributed by atoms with Crippen molar-refractivity contribution in [2.24, 2.45) is 29.2 Å². The molecule has 2 unspecified atom stereocenters. The van der Waals surface area contributed by atoms with Crippen molar-refractivity contribution >= 4 is 40.2 Å². The van der Waals surface area contributed by atoms with Gasteiger partial charge in [0.25, 0.3) is 11.4 Å². The van der Waals surface area contributed by atoms with E-state index in [1.165, 1.54) is 55.5 Å². The molecule has 0 saturated heterocycles. The van der Waals surface area contributed by atoms with Crippen LogP contribution in [0.1, 0.15) is 47.5 Å². The number of nitro groups is 2. The second-order valence-corrected chi connectivity index (χ2v) is 10.5. The lowest BCUT2D eigenvalue weighted by atomic mass is 10.1. The van der Waals surface area contributed by atoms with Crippen molar-refractivity contribution < 1.29 is 49.0 Å². The van der Waals surface area contributed by atoms with E-state index in [1.807, 2.05) is 20.8 Å². The first-order valence-corrected chi connectivity index (χ1v) is 14.6. The molecule has 2 rings (SSSR count). The van der Waals surface area contributed by atoms with Gasteiger partial charge in [-0.3, -0.25) is 25.0 Å². The Bertz CT molecular complexity index is 1160. The van der Waals surface area contributed by atoms with Crippen molar-refractivity contribution in [1.82, 2.24) is 0 Å². The summed E-state index contributed by atoms with van der Waals surface area (Å²) in [5.41, 5.74) is 8.69. The molecule has 0 radical (unpaired) electrons. The molecule has 16 nitrogen and oxygen atoms in total. The summed E-state index contributed by atoms with van der Waals surface area (Å²) in [7, 11) is 0. The fourth-order valence-electron chi connectivity index (χ4n) is 2.44. The molecule has 0 saturated carbocycles. The van der Waals surface area contributed by atoms with E-state index in [9.17, 15) is 34.6 Å². The van der Waals surface area contributed by atoms with Crippen molar-refractivity contribution in [2.75, 3.05) is 32.9 Å². The number of halogens is 1. The fraction of sp³-hybridized carbons (Fsp3) is 0.500. The summed E-state index contributed by atoms with van der Waals surface area (Å²) in [4.78, 5) is 51.4. The average molecular weight is 691 g/mol. The number of ketones is 1. The number of non-ortho nitro benzene ring substituents is 2. The molecule has 0 spiro atoms. The number of hydrogen-bond acceptors (Lipinski definition) is 14. The molecule has 17 heteroatoms. The number of aliphatic hydroxyl groups excluding tert-OH is 3. The van der Waals surface area contributed by atoms with Gasteiger partial charge in [0.1, 0.15) is 17.3 Å². The standard InChI is InChI=1S/C11H13NO5.C7H4ClNO4.C6H12O2.C4H10O.C2H8N2/c1-8(7-13)6-11(14)17-10-4-2-9(3-5-10)12(15)16;8-7(10)13-6-3-1-5(2-4-6)9(11)12;1-5(4-7)3-6(2)8;1-4(2)3-5;3-1-2-4/h2-5,8,13H,6-7H2,1H3;1-4H;5,7H,3-4H2,1-2H3;4-5H,3H2,1-2H3;1-4H2. The first-order chi connectivity index (χ1) is 22.0. The summed E-state index contributed by atoms with van der Waals surface area (Å²) in [6.07, 6.45) is 0.601. The molecule has 0 aliphatic carbocycles. The first kappa shape index (κ1) is 47.3. The first-order valence-electron chi connectivity index (χ1n) is 14.3. The van der Waals surface area contributed by atoms with Crippen molar-refractivity contribution in [2.45, 2.75) is 47.5 Å². The second-order valence-electron chi connectivity index (χ2n) is 10.2. The number of carbonyl (C=O) groups is 3. The van der Waals surface area contributed by atoms with Crippen molar-refractivity contribution in [3.05, 3.63) is 68.8 Å². The van der Waals surface area contributed by atoms with Crippen molar-refractivity contribution in [1.29, 1.82) is 0 Å². The zero-order chi connectivity index (χ0) is 36.9. The molecule has 7 N–H and O–H groups in total. The Kier molecular flexibility index (Phi) is 29.6. The largest absolute Gasteiger partial charge is 0.427 e. The van der Waals surface area contributed by atoms with E-state index >= 15 is 0 Å².